The second-order valence-electron chi connectivity index (χ2n) is 7.22. The summed E-state index contributed by atoms with van der Waals surface area (Å²) in [7, 11) is -0.421. The number of benzene rings is 1. The van der Waals surface area contributed by atoms with Crippen LogP contribution in [0.15, 0.2) is 24.3 Å². The molecular weight excluding hydrogens is 297 g/mol. The van der Waals surface area contributed by atoms with Crippen LogP contribution in [0.3, 0.4) is 0 Å². The van der Waals surface area contributed by atoms with Gasteiger partial charge >= 0.3 is 13.2 Å². The van der Waals surface area contributed by atoms with Gasteiger partial charge in [-0.05, 0) is 38.7 Å². The lowest BCUT2D eigenvalue weighted by Gasteiger charge is -2.41. The summed E-state index contributed by atoms with van der Waals surface area (Å²) in [5, 5.41) is 11.6. The molecule has 0 unspecified atom stereocenters. The summed E-state index contributed by atoms with van der Waals surface area (Å²) in [5.41, 5.74) is 0.374. The highest BCUT2D eigenvalue weighted by Crippen LogP contribution is 2.36. The molecule has 0 atom stereocenters. The Bertz CT molecular complexity index is 593. The van der Waals surface area contributed by atoms with Crippen LogP contribution in [0.25, 0.3) is 0 Å². The quantitative estimate of drug-likeness (QED) is 0.825. The first-order valence-electron chi connectivity index (χ1n) is 7.70. The highest BCUT2D eigenvalue weighted by Gasteiger charge is 2.51. The Morgan fingerprint density at radius 2 is 1.61 bits per heavy atom. The monoisotopic (exact) mass is 319 g/mol. The van der Waals surface area contributed by atoms with Crippen LogP contribution in [0.1, 0.15) is 33.3 Å². The predicted molar refractivity (Wildman–Crippen MR) is 85.8 cm³/mol. The van der Waals surface area contributed by atoms with E-state index in [0.29, 0.717) is 13.2 Å². The van der Waals surface area contributed by atoms with Crippen LogP contribution < -0.4 is 10.8 Å². The molecule has 2 saturated heterocycles. The van der Waals surface area contributed by atoms with Gasteiger partial charge in [0, 0.05) is 0 Å². The summed E-state index contributed by atoms with van der Waals surface area (Å²) in [5.74, 6) is 0. The standard InChI is InChI=1S/C16H22BNO5/c1-14(2)15(3,4)23-17(22-14)12-7-5-11(6-8-12)16(9-21-10-16)18-13(19)20/h5-8,18H,9-10H2,1-4H3,(H,19,20). The minimum Gasteiger partial charge on any atom is -0.465 e. The maximum Gasteiger partial charge on any atom is 0.494 e. The summed E-state index contributed by atoms with van der Waals surface area (Å²) in [4.78, 5) is 11.0. The van der Waals surface area contributed by atoms with Gasteiger partial charge < -0.3 is 24.5 Å². The number of carbonyl (C=O) groups is 1. The van der Waals surface area contributed by atoms with E-state index < -0.39 is 18.8 Å². The topological polar surface area (TPSA) is 77.0 Å². The number of ether oxygens (including phenoxy) is 1. The van der Waals surface area contributed by atoms with Crippen LogP contribution in [0.2, 0.25) is 0 Å². The molecule has 124 valence electrons. The molecule has 1 amide bonds. The van der Waals surface area contributed by atoms with Crippen molar-refractivity contribution in [3.63, 3.8) is 0 Å². The smallest absolute Gasteiger partial charge is 0.465 e. The Labute approximate surface area is 136 Å². The van der Waals surface area contributed by atoms with Crippen molar-refractivity contribution < 1.29 is 23.9 Å². The largest absolute Gasteiger partial charge is 0.494 e. The van der Waals surface area contributed by atoms with Gasteiger partial charge in [-0.3, -0.25) is 0 Å². The van der Waals surface area contributed by atoms with Crippen LogP contribution >= 0.6 is 0 Å². The normalized spacial score (nSPS) is 24.1. The molecule has 2 aliphatic heterocycles. The van der Waals surface area contributed by atoms with Crippen molar-refractivity contribution in [2.24, 2.45) is 0 Å². The van der Waals surface area contributed by atoms with Crippen molar-refractivity contribution in [3.05, 3.63) is 29.8 Å². The molecule has 7 heteroatoms. The average Bonchev–Trinajstić information content (AvgIpc) is 2.63. The van der Waals surface area contributed by atoms with Crippen molar-refractivity contribution in [1.29, 1.82) is 0 Å². The van der Waals surface area contributed by atoms with E-state index in [-0.39, 0.29) is 11.2 Å². The average molecular weight is 319 g/mol. The number of amides is 1. The molecule has 2 aliphatic rings. The molecule has 1 aromatic carbocycles. The van der Waals surface area contributed by atoms with Crippen molar-refractivity contribution in [2.75, 3.05) is 13.2 Å². The highest BCUT2D eigenvalue weighted by molar-refractivity contribution is 6.62. The first kappa shape index (κ1) is 16.3. The maximum absolute atomic E-state index is 11.0. The summed E-state index contributed by atoms with van der Waals surface area (Å²) < 4.78 is 17.3. The van der Waals surface area contributed by atoms with E-state index in [4.69, 9.17) is 19.2 Å². The lowest BCUT2D eigenvalue weighted by atomic mass is 9.77. The van der Waals surface area contributed by atoms with Gasteiger partial charge in [-0.15, -0.1) is 0 Å². The third-order valence-corrected chi connectivity index (χ3v) is 5.03. The maximum atomic E-state index is 11.0. The van der Waals surface area contributed by atoms with Gasteiger partial charge in [-0.25, -0.2) is 4.79 Å². The molecule has 0 aromatic heterocycles. The Balaban J connectivity index is 1.79. The van der Waals surface area contributed by atoms with Crippen LogP contribution in [0.5, 0.6) is 0 Å². The van der Waals surface area contributed by atoms with Gasteiger partial charge in [0.15, 0.2) is 0 Å². The van der Waals surface area contributed by atoms with Gasteiger partial charge in [0.25, 0.3) is 0 Å². The highest BCUT2D eigenvalue weighted by atomic mass is 16.7. The molecule has 0 bridgehead atoms. The van der Waals surface area contributed by atoms with Crippen molar-refractivity contribution in [3.8, 4) is 0 Å². The Morgan fingerprint density at radius 1 is 1.09 bits per heavy atom. The molecule has 2 heterocycles. The van der Waals surface area contributed by atoms with Gasteiger partial charge in [0.05, 0.1) is 24.4 Å². The Kier molecular flexibility index (Phi) is 3.70. The summed E-state index contributed by atoms with van der Waals surface area (Å²) >= 11 is 0. The van der Waals surface area contributed by atoms with Crippen molar-refractivity contribution in [1.82, 2.24) is 5.32 Å². The third kappa shape index (κ3) is 2.73. The van der Waals surface area contributed by atoms with Gasteiger partial charge in [0.1, 0.15) is 5.54 Å². The van der Waals surface area contributed by atoms with Gasteiger partial charge in [-0.2, -0.15) is 0 Å². The second kappa shape index (κ2) is 5.23. The zero-order chi connectivity index (χ0) is 16.9. The van der Waals surface area contributed by atoms with E-state index in [0.717, 1.165) is 11.0 Å². The SMILES string of the molecule is CC1(C)OB(c2ccc(C3(NC(=O)O)COC3)cc2)OC1(C)C. The van der Waals surface area contributed by atoms with Crippen LogP contribution in [0, 0.1) is 0 Å². The lowest BCUT2D eigenvalue weighted by Crippen LogP contribution is -2.59. The fourth-order valence-electron chi connectivity index (χ4n) is 2.76. The van der Waals surface area contributed by atoms with E-state index in [1.165, 1.54) is 0 Å². The molecule has 0 spiro atoms. The predicted octanol–water partition coefficient (Wildman–Crippen LogP) is 1.48. The number of nitrogens with one attached hydrogen (secondary N) is 1. The molecule has 0 saturated carbocycles. The number of rotatable bonds is 3. The fourth-order valence-corrected chi connectivity index (χ4v) is 2.76. The van der Waals surface area contributed by atoms with E-state index in [1.807, 2.05) is 52.0 Å². The minimum absolute atomic E-state index is 0.342. The Hall–Kier alpha value is -1.57. The molecule has 3 rings (SSSR count). The molecule has 2 N–H and O–H groups in total. The summed E-state index contributed by atoms with van der Waals surface area (Å²) in [6.45, 7) is 8.74. The molecule has 2 fully saturated rings. The van der Waals surface area contributed by atoms with Crippen LogP contribution in [0.4, 0.5) is 4.79 Å². The zero-order valence-corrected chi connectivity index (χ0v) is 13.9. The number of carboxylic acid groups (broad SMARTS) is 1. The Morgan fingerprint density at radius 3 is 2.00 bits per heavy atom. The first-order valence-corrected chi connectivity index (χ1v) is 7.70. The second-order valence-corrected chi connectivity index (χ2v) is 7.22. The van der Waals surface area contributed by atoms with E-state index in [9.17, 15) is 4.79 Å². The minimum atomic E-state index is -1.05. The summed E-state index contributed by atoms with van der Waals surface area (Å²) in [6, 6.07) is 7.64. The van der Waals surface area contributed by atoms with Crippen molar-refractivity contribution in [2.45, 2.75) is 44.4 Å². The molecular formula is C16H22BNO5. The molecule has 1 aromatic rings. The zero-order valence-electron chi connectivity index (χ0n) is 13.9. The van der Waals surface area contributed by atoms with Gasteiger partial charge in [-0.1, -0.05) is 24.3 Å². The first-order chi connectivity index (χ1) is 10.7. The molecule has 0 aliphatic carbocycles. The molecule has 23 heavy (non-hydrogen) atoms. The fraction of sp³-hybridized carbons (Fsp3) is 0.562. The number of hydrogen-bond acceptors (Lipinski definition) is 4. The third-order valence-electron chi connectivity index (χ3n) is 5.03. The van der Waals surface area contributed by atoms with E-state index in [1.54, 1.807) is 0 Å². The molecule has 0 radical (unpaired) electrons. The summed E-state index contributed by atoms with van der Waals surface area (Å²) in [6.07, 6.45) is -1.05. The van der Waals surface area contributed by atoms with E-state index in [2.05, 4.69) is 5.32 Å². The van der Waals surface area contributed by atoms with Crippen LogP contribution in [-0.2, 0) is 19.6 Å². The van der Waals surface area contributed by atoms with Crippen molar-refractivity contribution >= 4 is 18.7 Å². The van der Waals surface area contributed by atoms with E-state index >= 15 is 0 Å². The van der Waals surface area contributed by atoms with Crippen LogP contribution in [-0.4, -0.2) is 42.7 Å². The lowest BCUT2D eigenvalue weighted by molar-refractivity contribution is -0.0743. The van der Waals surface area contributed by atoms with Gasteiger partial charge in [0.2, 0.25) is 0 Å². The molecule has 6 nitrogen and oxygen atoms in total. The number of hydrogen-bond donors (Lipinski definition) is 2.